The molecule has 90 valence electrons. The number of H-pyrrole nitrogens is 1. The number of ether oxygens (including phenoxy) is 1. The number of nitrogens with one attached hydrogen (secondary N) is 1. The molecule has 0 aliphatic carbocycles. The Morgan fingerprint density at radius 1 is 1.50 bits per heavy atom. The zero-order valence-electron chi connectivity index (χ0n) is 7.83. The second-order valence-corrected chi connectivity index (χ2v) is 5.22. The molecule has 0 aromatic carbocycles. The van der Waals surface area contributed by atoms with Crippen molar-refractivity contribution in [3.63, 3.8) is 0 Å². The second kappa shape index (κ2) is 4.38. The topological polar surface area (TPSA) is 76.2 Å². The molecule has 0 atom stereocenters. The highest BCUT2D eigenvalue weighted by Gasteiger charge is 2.27. The monoisotopic (exact) mass is 273 g/mol. The predicted molar refractivity (Wildman–Crippen MR) is 51.6 cm³/mol. The zero-order valence-corrected chi connectivity index (χ0v) is 9.40. The average molecular weight is 274 g/mol. The first-order chi connectivity index (χ1) is 7.27. The van der Waals surface area contributed by atoms with Crippen molar-refractivity contribution in [2.45, 2.75) is 11.3 Å². The summed E-state index contributed by atoms with van der Waals surface area (Å²) in [6.45, 7) is 0. The Hall–Kier alpha value is -1.15. The lowest BCUT2D eigenvalue weighted by Crippen LogP contribution is -2.13. The molecular weight excluding hydrogens is 268 g/mol. The first kappa shape index (κ1) is 12.9. The summed E-state index contributed by atoms with van der Waals surface area (Å²) in [5, 5.41) is 0. The van der Waals surface area contributed by atoms with Gasteiger partial charge in [0.2, 0.25) is 5.88 Å². The van der Waals surface area contributed by atoms with Gasteiger partial charge in [0.15, 0.2) is 0 Å². The minimum atomic E-state index is -4.44. The molecule has 1 N–H and O–H groups in total. The summed E-state index contributed by atoms with van der Waals surface area (Å²) in [6, 6.07) is 0.479. The fourth-order valence-corrected chi connectivity index (χ4v) is 2.17. The molecule has 0 bridgehead atoms. The Morgan fingerprint density at radius 3 is 2.44 bits per heavy atom. The normalized spacial score (nSPS) is 11.8. The maximum atomic E-state index is 12.6. The van der Waals surface area contributed by atoms with Gasteiger partial charge in [-0.05, 0) is 0 Å². The molecule has 1 heterocycles. The third kappa shape index (κ3) is 2.50. The minimum absolute atomic E-state index is 0.479. The predicted octanol–water partition coefficient (Wildman–Crippen LogP) is 1.25. The van der Waals surface area contributed by atoms with Crippen LogP contribution in [-0.4, -0.2) is 20.5 Å². The maximum Gasteiger partial charge on any atom is 0.270 e. The first-order valence-electron chi connectivity index (χ1n) is 3.81. The van der Waals surface area contributed by atoms with Crippen molar-refractivity contribution in [1.82, 2.24) is 4.98 Å². The highest BCUT2D eigenvalue weighted by Crippen LogP contribution is 2.33. The SMILES string of the molecule is COc1[nH]c(=O)cc(S(=O)(=O)Cl)c1C(F)F. The molecule has 16 heavy (non-hydrogen) atoms. The third-order valence-electron chi connectivity index (χ3n) is 1.69. The van der Waals surface area contributed by atoms with E-state index in [1.807, 2.05) is 4.98 Å². The number of aromatic amines is 1. The number of hydrogen-bond donors (Lipinski definition) is 1. The Morgan fingerprint density at radius 2 is 2.06 bits per heavy atom. The van der Waals surface area contributed by atoms with E-state index in [1.165, 1.54) is 0 Å². The van der Waals surface area contributed by atoms with Crippen LogP contribution >= 0.6 is 10.7 Å². The average Bonchev–Trinajstić information content (AvgIpc) is 2.14. The summed E-state index contributed by atoms with van der Waals surface area (Å²) in [4.78, 5) is 12.0. The summed E-state index contributed by atoms with van der Waals surface area (Å²) in [7, 11) is 1.51. The smallest absolute Gasteiger partial charge is 0.270 e. The molecule has 1 aromatic heterocycles. The molecule has 9 heteroatoms. The van der Waals surface area contributed by atoms with Crippen molar-refractivity contribution >= 4 is 19.7 Å². The number of hydrogen-bond acceptors (Lipinski definition) is 4. The molecule has 0 saturated carbocycles. The lowest BCUT2D eigenvalue weighted by atomic mass is 10.3. The van der Waals surface area contributed by atoms with Crippen LogP contribution in [0, 0.1) is 0 Å². The van der Waals surface area contributed by atoms with E-state index in [4.69, 9.17) is 10.7 Å². The number of alkyl halides is 2. The Bertz CT molecular complexity index is 554. The van der Waals surface area contributed by atoms with Crippen molar-refractivity contribution in [2.75, 3.05) is 7.11 Å². The molecule has 0 spiro atoms. The van der Waals surface area contributed by atoms with Crippen LogP contribution in [0.15, 0.2) is 15.8 Å². The van der Waals surface area contributed by atoms with E-state index in [0.717, 1.165) is 7.11 Å². The van der Waals surface area contributed by atoms with Crippen molar-refractivity contribution in [1.29, 1.82) is 0 Å². The Labute approximate surface area is 93.4 Å². The van der Waals surface area contributed by atoms with E-state index in [9.17, 15) is 22.0 Å². The Balaban J connectivity index is 3.71. The van der Waals surface area contributed by atoms with E-state index < -0.39 is 37.4 Å². The van der Waals surface area contributed by atoms with Gasteiger partial charge in [0.1, 0.15) is 4.90 Å². The molecule has 0 radical (unpaired) electrons. The van der Waals surface area contributed by atoms with Gasteiger partial charge < -0.3 is 4.74 Å². The summed E-state index contributed by atoms with van der Waals surface area (Å²) in [5.74, 6) is -0.623. The Kier molecular flexibility index (Phi) is 3.54. The number of halogens is 3. The second-order valence-electron chi connectivity index (χ2n) is 2.68. The number of rotatable bonds is 3. The summed E-state index contributed by atoms with van der Waals surface area (Å²) < 4.78 is 51.7. The van der Waals surface area contributed by atoms with Crippen molar-refractivity contribution in [2.24, 2.45) is 0 Å². The fourth-order valence-electron chi connectivity index (χ4n) is 1.09. The van der Waals surface area contributed by atoms with Gasteiger partial charge in [0.05, 0.1) is 12.7 Å². The van der Waals surface area contributed by atoms with Gasteiger partial charge >= 0.3 is 0 Å². The van der Waals surface area contributed by atoms with Crippen LogP contribution in [0.25, 0.3) is 0 Å². The molecule has 0 fully saturated rings. The van der Waals surface area contributed by atoms with Crippen molar-refractivity contribution in [3.8, 4) is 5.88 Å². The molecular formula is C7H6ClF2NO4S. The van der Waals surface area contributed by atoms with Crippen LogP contribution in [0.1, 0.15) is 12.0 Å². The van der Waals surface area contributed by atoms with Gasteiger partial charge in [0, 0.05) is 16.7 Å². The van der Waals surface area contributed by atoms with E-state index in [2.05, 4.69) is 4.74 Å². The standard InChI is InChI=1S/C7H6ClF2NO4S/c1-15-7-5(6(9)10)3(16(8,13)14)2-4(12)11-7/h2,6H,1H3,(H,11,12). The highest BCUT2D eigenvalue weighted by atomic mass is 35.7. The molecule has 0 unspecified atom stereocenters. The minimum Gasteiger partial charge on any atom is -0.482 e. The molecule has 0 amide bonds. The number of aromatic nitrogens is 1. The van der Waals surface area contributed by atoms with Crippen LogP contribution in [0.5, 0.6) is 5.88 Å². The largest absolute Gasteiger partial charge is 0.482 e. The summed E-state index contributed by atoms with van der Waals surface area (Å²) >= 11 is 0. The van der Waals surface area contributed by atoms with Gasteiger partial charge in [-0.15, -0.1) is 0 Å². The van der Waals surface area contributed by atoms with Gasteiger partial charge in [-0.1, -0.05) is 0 Å². The summed E-state index contributed by atoms with van der Waals surface area (Å²) in [6.07, 6.45) is -3.14. The molecule has 1 aromatic rings. The summed E-state index contributed by atoms with van der Waals surface area (Å²) in [5.41, 5.74) is -1.86. The van der Waals surface area contributed by atoms with Gasteiger partial charge in [-0.2, -0.15) is 0 Å². The molecule has 5 nitrogen and oxygen atoms in total. The van der Waals surface area contributed by atoms with Crippen LogP contribution in [0.4, 0.5) is 8.78 Å². The zero-order chi connectivity index (χ0) is 12.5. The molecule has 0 aliphatic heterocycles. The van der Waals surface area contributed by atoms with Gasteiger partial charge in [-0.25, -0.2) is 17.2 Å². The lowest BCUT2D eigenvalue weighted by Gasteiger charge is -2.09. The van der Waals surface area contributed by atoms with Gasteiger partial charge in [-0.3, -0.25) is 9.78 Å². The van der Waals surface area contributed by atoms with Gasteiger partial charge in [0.25, 0.3) is 21.0 Å². The van der Waals surface area contributed by atoms with Crippen molar-refractivity contribution < 1.29 is 21.9 Å². The fraction of sp³-hybridized carbons (Fsp3) is 0.286. The molecule has 0 aliphatic rings. The third-order valence-corrected chi connectivity index (χ3v) is 3.06. The quantitative estimate of drug-likeness (QED) is 0.841. The lowest BCUT2D eigenvalue weighted by molar-refractivity contribution is 0.142. The van der Waals surface area contributed by atoms with Crippen LogP contribution in [0.2, 0.25) is 0 Å². The highest BCUT2D eigenvalue weighted by molar-refractivity contribution is 8.13. The van der Waals surface area contributed by atoms with E-state index in [-0.39, 0.29) is 0 Å². The van der Waals surface area contributed by atoms with Crippen LogP contribution < -0.4 is 10.3 Å². The van der Waals surface area contributed by atoms with E-state index in [1.54, 1.807) is 0 Å². The molecule has 0 saturated heterocycles. The first-order valence-corrected chi connectivity index (χ1v) is 6.12. The van der Waals surface area contributed by atoms with Crippen LogP contribution in [0.3, 0.4) is 0 Å². The van der Waals surface area contributed by atoms with Crippen molar-refractivity contribution in [3.05, 3.63) is 22.0 Å². The van der Waals surface area contributed by atoms with E-state index in [0.29, 0.717) is 6.07 Å². The van der Waals surface area contributed by atoms with E-state index >= 15 is 0 Å². The molecule has 1 rings (SSSR count). The van der Waals surface area contributed by atoms with Crippen LogP contribution in [-0.2, 0) is 9.05 Å². The maximum absolute atomic E-state index is 12.6. The number of methoxy groups -OCH3 is 1. The number of pyridine rings is 1.